The fourth-order valence-corrected chi connectivity index (χ4v) is 2.50. The Bertz CT molecular complexity index is 351. The van der Waals surface area contributed by atoms with Gasteiger partial charge in [-0.15, -0.1) is 0 Å². The van der Waals surface area contributed by atoms with Gasteiger partial charge in [0, 0.05) is 5.92 Å². The molecular weight excluding hydrogens is 214 g/mol. The monoisotopic (exact) mass is 235 g/mol. The molecule has 94 valence electrons. The lowest BCUT2D eigenvalue weighted by Crippen LogP contribution is -2.27. The summed E-state index contributed by atoms with van der Waals surface area (Å²) in [5.74, 6) is 2.35. The van der Waals surface area contributed by atoms with E-state index >= 15 is 0 Å². The molecule has 0 atom stereocenters. The first-order chi connectivity index (χ1) is 8.42. The second-order valence-corrected chi connectivity index (χ2v) is 5.36. The summed E-state index contributed by atoms with van der Waals surface area (Å²) in [5, 5.41) is 4.07. The van der Waals surface area contributed by atoms with Crippen molar-refractivity contribution in [2.45, 2.75) is 57.4 Å². The Labute approximate surface area is 102 Å². The lowest BCUT2D eigenvalue weighted by Gasteiger charge is -2.22. The maximum Gasteiger partial charge on any atom is 0.240 e. The summed E-state index contributed by atoms with van der Waals surface area (Å²) in [4.78, 5) is 6.96. The summed E-state index contributed by atoms with van der Waals surface area (Å²) in [6, 6.07) is 0. The van der Waals surface area contributed by atoms with Crippen LogP contribution in [0.3, 0.4) is 0 Å². The minimum Gasteiger partial charge on any atom is -0.338 e. The molecule has 1 saturated heterocycles. The summed E-state index contributed by atoms with van der Waals surface area (Å²) >= 11 is 0. The summed E-state index contributed by atoms with van der Waals surface area (Å²) < 4.78 is 5.34. The number of aromatic nitrogens is 2. The predicted molar refractivity (Wildman–Crippen MR) is 64.6 cm³/mol. The number of likely N-dealkylation sites (tertiary alicyclic amines) is 1. The van der Waals surface area contributed by atoms with Crippen LogP contribution in [0.4, 0.5) is 0 Å². The van der Waals surface area contributed by atoms with E-state index in [0.29, 0.717) is 5.92 Å². The topological polar surface area (TPSA) is 42.2 Å². The molecule has 1 aromatic rings. The van der Waals surface area contributed by atoms with Crippen molar-refractivity contribution in [2.24, 2.45) is 0 Å². The fraction of sp³-hybridized carbons (Fsp3) is 0.846. The molecule has 0 radical (unpaired) electrons. The third-order valence-electron chi connectivity index (χ3n) is 3.73. The van der Waals surface area contributed by atoms with Crippen LogP contribution >= 0.6 is 0 Å². The van der Waals surface area contributed by atoms with Gasteiger partial charge in [0.25, 0.3) is 0 Å². The van der Waals surface area contributed by atoms with Crippen molar-refractivity contribution >= 4 is 0 Å². The molecule has 3 rings (SSSR count). The van der Waals surface area contributed by atoms with E-state index in [1.807, 2.05) is 0 Å². The van der Waals surface area contributed by atoms with Crippen LogP contribution < -0.4 is 0 Å². The molecule has 0 unspecified atom stereocenters. The standard InChI is InChI=1S/C13H21N3O/c1-2-4-8-16(9-5-3-1)10-12-14-13(15-17-12)11-6-7-11/h11H,1-10H2. The SMILES string of the molecule is C1CCCN(Cc2nc(C3CC3)no2)CCC1. The summed E-state index contributed by atoms with van der Waals surface area (Å²) in [6.07, 6.45) is 9.24. The lowest BCUT2D eigenvalue weighted by atomic mass is 10.1. The van der Waals surface area contributed by atoms with Crippen molar-refractivity contribution in [1.29, 1.82) is 0 Å². The molecule has 1 saturated carbocycles. The highest BCUT2D eigenvalue weighted by Gasteiger charge is 2.28. The number of hydrogen-bond acceptors (Lipinski definition) is 4. The first-order valence-electron chi connectivity index (χ1n) is 6.96. The lowest BCUT2D eigenvalue weighted by molar-refractivity contribution is 0.208. The molecular formula is C13H21N3O. The molecule has 0 amide bonds. The molecule has 1 aromatic heterocycles. The van der Waals surface area contributed by atoms with Gasteiger partial charge in [-0.25, -0.2) is 0 Å². The van der Waals surface area contributed by atoms with E-state index in [-0.39, 0.29) is 0 Å². The van der Waals surface area contributed by atoms with Crippen molar-refractivity contribution in [2.75, 3.05) is 13.1 Å². The van der Waals surface area contributed by atoms with Crippen LogP contribution in [0.15, 0.2) is 4.52 Å². The number of nitrogens with zero attached hydrogens (tertiary/aromatic N) is 3. The molecule has 0 aromatic carbocycles. The molecule has 1 aliphatic carbocycles. The van der Waals surface area contributed by atoms with E-state index in [1.54, 1.807) is 0 Å². The minimum atomic E-state index is 0.597. The summed E-state index contributed by atoms with van der Waals surface area (Å²) in [6.45, 7) is 3.21. The van der Waals surface area contributed by atoms with Crippen LogP contribution in [0.2, 0.25) is 0 Å². The second-order valence-electron chi connectivity index (χ2n) is 5.36. The zero-order valence-corrected chi connectivity index (χ0v) is 10.4. The molecule has 2 heterocycles. The Morgan fingerprint density at radius 1 is 1.06 bits per heavy atom. The van der Waals surface area contributed by atoms with Gasteiger partial charge in [-0.1, -0.05) is 24.4 Å². The molecule has 1 aliphatic heterocycles. The van der Waals surface area contributed by atoms with Crippen LogP contribution in [0.1, 0.15) is 62.6 Å². The average Bonchev–Trinajstić information content (AvgIpc) is 3.04. The van der Waals surface area contributed by atoms with Crippen molar-refractivity contribution in [3.63, 3.8) is 0 Å². The van der Waals surface area contributed by atoms with Crippen LogP contribution in [0.5, 0.6) is 0 Å². The molecule has 2 aliphatic rings. The first kappa shape index (κ1) is 11.2. The molecule has 4 heteroatoms. The Morgan fingerprint density at radius 2 is 1.76 bits per heavy atom. The molecule has 0 N–H and O–H groups in total. The van der Waals surface area contributed by atoms with Crippen LogP contribution in [-0.2, 0) is 6.54 Å². The zero-order chi connectivity index (χ0) is 11.5. The minimum absolute atomic E-state index is 0.597. The average molecular weight is 235 g/mol. The highest BCUT2D eigenvalue weighted by atomic mass is 16.5. The van der Waals surface area contributed by atoms with E-state index < -0.39 is 0 Å². The van der Waals surface area contributed by atoms with Crippen molar-refractivity contribution in [3.8, 4) is 0 Å². The molecule has 17 heavy (non-hydrogen) atoms. The third-order valence-corrected chi connectivity index (χ3v) is 3.73. The Hall–Kier alpha value is -0.900. The quantitative estimate of drug-likeness (QED) is 0.808. The molecule has 0 bridgehead atoms. The maximum atomic E-state index is 5.34. The molecule has 2 fully saturated rings. The summed E-state index contributed by atoms with van der Waals surface area (Å²) in [5.41, 5.74) is 0. The van der Waals surface area contributed by atoms with Crippen LogP contribution in [0, 0.1) is 0 Å². The van der Waals surface area contributed by atoms with Gasteiger partial charge in [-0.05, 0) is 38.8 Å². The second kappa shape index (κ2) is 5.17. The Kier molecular flexibility index (Phi) is 3.41. The van der Waals surface area contributed by atoms with Crippen LogP contribution in [0.25, 0.3) is 0 Å². The van der Waals surface area contributed by atoms with Gasteiger partial charge < -0.3 is 4.52 Å². The number of hydrogen-bond donors (Lipinski definition) is 0. The first-order valence-corrected chi connectivity index (χ1v) is 6.96. The van der Waals surface area contributed by atoms with Gasteiger partial charge in [0.1, 0.15) is 0 Å². The van der Waals surface area contributed by atoms with Crippen molar-refractivity contribution in [3.05, 3.63) is 11.7 Å². The van der Waals surface area contributed by atoms with Gasteiger partial charge in [-0.3, -0.25) is 4.90 Å². The number of rotatable bonds is 3. The predicted octanol–water partition coefficient (Wildman–Crippen LogP) is 2.71. The molecule has 0 spiro atoms. The van der Waals surface area contributed by atoms with Gasteiger partial charge in [0.2, 0.25) is 5.89 Å². The van der Waals surface area contributed by atoms with Gasteiger partial charge in [0.15, 0.2) is 5.82 Å². The van der Waals surface area contributed by atoms with E-state index in [4.69, 9.17) is 4.52 Å². The van der Waals surface area contributed by atoms with E-state index in [0.717, 1.165) is 18.3 Å². The highest BCUT2D eigenvalue weighted by molar-refractivity contribution is 5.03. The van der Waals surface area contributed by atoms with E-state index in [1.165, 1.54) is 58.0 Å². The van der Waals surface area contributed by atoms with E-state index in [2.05, 4.69) is 15.0 Å². The highest BCUT2D eigenvalue weighted by Crippen LogP contribution is 2.38. The van der Waals surface area contributed by atoms with Gasteiger partial charge >= 0.3 is 0 Å². The normalized spacial score (nSPS) is 23.3. The van der Waals surface area contributed by atoms with Gasteiger partial charge in [0.05, 0.1) is 6.54 Å². The Balaban J connectivity index is 1.55. The maximum absolute atomic E-state index is 5.34. The Morgan fingerprint density at radius 3 is 2.47 bits per heavy atom. The molecule has 4 nitrogen and oxygen atoms in total. The van der Waals surface area contributed by atoms with Gasteiger partial charge in [-0.2, -0.15) is 4.98 Å². The smallest absolute Gasteiger partial charge is 0.240 e. The van der Waals surface area contributed by atoms with Crippen molar-refractivity contribution in [1.82, 2.24) is 15.0 Å². The summed E-state index contributed by atoms with van der Waals surface area (Å²) in [7, 11) is 0. The fourth-order valence-electron chi connectivity index (χ4n) is 2.50. The largest absolute Gasteiger partial charge is 0.338 e. The van der Waals surface area contributed by atoms with Crippen molar-refractivity contribution < 1.29 is 4.52 Å². The van der Waals surface area contributed by atoms with Crippen LogP contribution in [-0.4, -0.2) is 28.1 Å². The zero-order valence-electron chi connectivity index (χ0n) is 10.4. The third kappa shape index (κ3) is 3.06. The van der Waals surface area contributed by atoms with E-state index in [9.17, 15) is 0 Å².